The van der Waals surface area contributed by atoms with Gasteiger partial charge in [0, 0.05) is 6.42 Å². The smallest absolute Gasteiger partial charge is 0.163 e. The number of allylic oxidation sites excluding steroid dienone is 1. The van der Waals surface area contributed by atoms with Gasteiger partial charge in [0.05, 0.1) is 45.7 Å². The van der Waals surface area contributed by atoms with Crippen LogP contribution >= 0.6 is 0 Å². The Morgan fingerprint density at radius 1 is 0.647 bits per heavy atom. The van der Waals surface area contributed by atoms with Crippen LogP contribution < -0.4 is 0 Å². The molecule has 268 valence electrons. The summed E-state index contributed by atoms with van der Waals surface area (Å²) in [6.45, 7) is 5.72. The highest BCUT2D eigenvalue weighted by atomic mass is 16.7. The van der Waals surface area contributed by atoms with Crippen LogP contribution in [0.15, 0.2) is 133 Å². The molecule has 0 N–H and O–H groups in total. The standard InChI is InChI=1S/C43H48O8/c1-43(2)49-30-37(51-43)24-23-36(44)25-38-40(46-27-33-17-9-4-10-18-33)42(48-29-35-21-13-6-14-22-35)41(47-28-34-19-11-5-12-20-34)39(50-38)31-45-26-32-15-7-3-8-16-32/h3-24,37-42H,25-31H2,1-2H3/b24-23+/t37-,38+,39+,40-,41+,42+/m0/s1. The maximum Gasteiger partial charge on any atom is 0.163 e. The van der Waals surface area contributed by atoms with E-state index in [4.69, 9.17) is 33.2 Å². The summed E-state index contributed by atoms with van der Waals surface area (Å²) in [5, 5.41) is 0. The summed E-state index contributed by atoms with van der Waals surface area (Å²) in [4.78, 5) is 13.6. The maximum absolute atomic E-state index is 13.6. The maximum atomic E-state index is 13.6. The molecule has 2 heterocycles. The zero-order valence-corrected chi connectivity index (χ0v) is 29.4. The van der Waals surface area contributed by atoms with Crippen LogP contribution in [0.2, 0.25) is 0 Å². The van der Waals surface area contributed by atoms with Gasteiger partial charge in [-0.05, 0) is 48.3 Å². The number of rotatable bonds is 17. The molecule has 0 spiro atoms. The minimum atomic E-state index is -0.689. The van der Waals surface area contributed by atoms with Crippen molar-refractivity contribution in [3.8, 4) is 0 Å². The SMILES string of the molecule is CC1(C)OC[C@H](/C=C/C(=O)C[C@H]2O[C@H](COCc3ccccc3)[C@@H](OCc3ccccc3)[C@H](OCc3ccccc3)[C@H]2OCc2ccccc2)O1. The van der Waals surface area contributed by atoms with Crippen LogP contribution in [0.3, 0.4) is 0 Å². The normalized spacial score (nSPS) is 24.5. The molecule has 0 bridgehead atoms. The molecule has 8 heteroatoms. The fourth-order valence-electron chi connectivity index (χ4n) is 6.34. The van der Waals surface area contributed by atoms with Crippen molar-refractivity contribution < 1.29 is 38.0 Å². The predicted octanol–water partition coefficient (Wildman–Crippen LogP) is 7.39. The first kappa shape index (κ1) is 36.8. The van der Waals surface area contributed by atoms with E-state index in [0.717, 1.165) is 22.3 Å². The molecule has 0 saturated carbocycles. The van der Waals surface area contributed by atoms with E-state index in [1.165, 1.54) is 0 Å². The Bertz CT molecular complexity index is 1630. The highest BCUT2D eigenvalue weighted by Gasteiger charge is 2.48. The molecule has 6 atom stereocenters. The van der Waals surface area contributed by atoms with Gasteiger partial charge in [-0.2, -0.15) is 0 Å². The van der Waals surface area contributed by atoms with Crippen LogP contribution in [-0.4, -0.2) is 61.4 Å². The molecule has 0 radical (unpaired) electrons. The van der Waals surface area contributed by atoms with Crippen molar-refractivity contribution in [3.05, 3.63) is 156 Å². The lowest BCUT2D eigenvalue weighted by atomic mass is 9.91. The van der Waals surface area contributed by atoms with Crippen molar-refractivity contribution in [2.75, 3.05) is 13.2 Å². The molecule has 51 heavy (non-hydrogen) atoms. The van der Waals surface area contributed by atoms with Gasteiger partial charge >= 0.3 is 0 Å². The summed E-state index contributed by atoms with van der Waals surface area (Å²) in [6, 6.07) is 40.0. The summed E-state index contributed by atoms with van der Waals surface area (Å²) in [5.74, 6) is -0.803. The first-order valence-corrected chi connectivity index (χ1v) is 17.7. The van der Waals surface area contributed by atoms with Crippen LogP contribution in [0.25, 0.3) is 0 Å². The van der Waals surface area contributed by atoms with E-state index in [0.29, 0.717) is 33.0 Å². The molecular formula is C43H48O8. The number of benzene rings is 4. The van der Waals surface area contributed by atoms with Gasteiger partial charge in [0.15, 0.2) is 11.6 Å². The lowest BCUT2D eigenvalue weighted by molar-refractivity contribution is -0.272. The topological polar surface area (TPSA) is 81.7 Å². The molecule has 2 fully saturated rings. The molecule has 0 aromatic heterocycles. The fourth-order valence-corrected chi connectivity index (χ4v) is 6.34. The minimum Gasteiger partial charge on any atom is -0.374 e. The van der Waals surface area contributed by atoms with Crippen LogP contribution in [-0.2, 0) is 64.4 Å². The van der Waals surface area contributed by atoms with Crippen LogP contribution in [0.5, 0.6) is 0 Å². The Hall–Kier alpha value is -3.99. The third kappa shape index (κ3) is 11.2. The number of ether oxygens (including phenoxy) is 7. The van der Waals surface area contributed by atoms with Crippen LogP contribution in [0.4, 0.5) is 0 Å². The molecule has 0 unspecified atom stereocenters. The molecule has 0 aliphatic carbocycles. The largest absolute Gasteiger partial charge is 0.374 e. The zero-order valence-electron chi connectivity index (χ0n) is 29.4. The van der Waals surface area contributed by atoms with Gasteiger partial charge in [-0.3, -0.25) is 4.79 Å². The molecule has 4 aromatic carbocycles. The van der Waals surface area contributed by atoms with Gasteiger partial charge < -0.3 is 33.2 Å². The third-order valence-electron chi connectivity index (χ3n) is 8.91. The second-order valence-corrected chi connectivity index (χ2v) is 13.4. The van der Waals surface area contributed by atoms with E-state index in [9.17, 15) is 4.79 Å². The molecule has 2 saturated heterocycles. The first-order valence-electron chi connectivity index (χ1n) is 17.7. The average molecular weight is 693 g/mol. The quantitative estimate of drug-likeness (QED) is 0.106. The minimum absolute atomic E-state index is 0.0682. The Labute approximate surface area is 301 Å². The Morgan fingerprint density at radius 3 is 1.57 bits per heavy atom. The summed E-state index contributed by atoms with van der Waals surface area (Å²) >= 11 is 0. The number of ketones is 1. The van der Waals surface area contributed by atoms with Crippen molar-refractivity contribution >= 4 is 5.78 Å². The molecule has 6 rings (SSSR count). The number of carbonyl (C=O) groups excluding carboxylic acids is 1. The van der Waals surface area contributed by atoms with Crippen molar-refractivity contribution in [3.63, 3.8) is 0 Å². The molecule has 2 aliphatic rings. The summed E-state index contributed by atoms with van der Waals surface area (Å²) in [7, 11) is 0. The fraction of sp³-hybridized carbons (Fsp3) is 0.372. The van der Waals surface area contributed by atoms with Gasteiger partial charge in [0.25, 0.3) is 0 Å². The molecule has 4 aromatic rings. The van der Waals surface area contributed by atoms with Crippen LogP contribution in [0, 0.1) is 0 Å². The van der Waals surface area contributed by atoms with E-state index in [1.807, 2.05) is 135 Å². The molecule has 0 amide bonds. The molecular weight excluding hydrogens is 644 g/mol. The monoisotopic (exact) mass is 692 g/mol. The Balaban J connectivity index is 1.28. The highest BCUT2D eigenvalue weighted by Crippen LogP contribution is 2.33. The lowest BCUT2D eigenvalue weighted by Crippen LogP contribution is -2.61. The summed E-state index contributed by atoms with van der Waals surface area (Å²) in [6.07, 6.45) is 0.0829. The van der Waals surface area contributed by atoms with Crippen molar-refractivity contribution in [2.45, 2.75) is 89.1 Å². The molecule has 8 nitrogen and oxygen atoms in total. The third-order valence-corrected chi connectivity index (χ3v) is 8.91. The lowest BCUT2D eigenvalue weighted by Gasteiger charge is -2.46. The van der Waals surface area contributed by atoms with Crippen molar-refractivity contribution in [1.29, 1.82) is 0 Å². The second kappa shape index (κ2) is 18.5. The van der Waals surface area contributed by atoms with Gasteiger partial charge in [-0.1, -0.05) is 121 Å². The van der Waals surface area contributed by atoms with Gasteiger partial charge in [-0.25, -0.2) is 0 Å². The molecule has 2 aliphatic heterocycles. The predicted molar refractivity (Wildman–Crippen MR) is 193 cm³/mol. The van der Waals surface area contributed by atoms with E-state index in [-0.39, 0.29) is 24.9 Å². The van der Waals surface area contributed by atoms with E-state index in [2.05, 4.69) is 0 Å². The zero-order chi connectivity index (χ0) is 35.3. The van der Waals surface area contributed by atoms with Crippen molar-refractivity contribution in [2.24, 2.45) is 0 Å². The summed E-state index contributed by atoms with van der Waals surface area (Å²) < 4.78 is 44.9. The first-order chi connectivity index (χ1) is 24.9. The Morgan fingerprint density at radius 2 is 1.10 bits per heavy atom. The number of hydrogen-bond donors (Lipinski definition) is 0. The number of carbonyl (C=O) groups is 1. The van der Waals surface area contributed by atoms with Gasteiger partial charge in [0.1, 0.15) is 30.5 Å². The summed E-state index contributed by atoms with van der Waals surface area (Å²) in [5.41, 5.74) is 4.09. The van der Waals surface area contributed by atoms with E-state index < -0.39 is 36.3 Å². The average Bonchev–Trinajstić information content (AvgIpc) is 3.52. The van der Waals surface area contributed by atoms with Gasteiger partial charge in [-0.15, -0.1) is 0 Å². The number of hydrogen-bond acceptors (Lipinski definition) is 8. The Kier molecular flexibility index (Phi) is 13.3. The van der Waals surface area contributed by atoms with E-state index >= 15 is 0 Å². The highest BCUT2D eigenvalue weighted by molar-refractivity contribution is 5.90. The van der Waals surface area contributed by atoms with Crippen molar-refractivity contribution in [1.82, 2.24) is 0 Å². The van der Waals surface area contributed by atoms with Gasteiger partial charge in [0.2, 0.25) is 0 Å². The second-order valence-electron chi connectivity index (χ2n) is 13.4. The van der Waals surface area contributed by atoms with E-state index in [1.54, 1.807) is 12.2 Å². The van der Waals surface area contributed by atoms with Crippen LogP contribution in [0.1, 0.15) is 42.5 Å².